The Morgan fingerprint density at radius 3 is 1.98 bits per heavy atom. The van der Waals surface area contributed by atoms with Gasteiger partial charge >= 0.3 is 0 Å². The fourth-order valence-electron chi connectivity index (χ4n) is 8.99. The second-order valence-electron chi connectivity index (χ2n) is 15.9. The maximum absolute atomic E-state index is 13.5. The van der Waals surface area contributed by atoms with Crippen molar-refractivity contribution in [2.45, 2.75) is 46.0 Å². The van der Waals surface area contributed by atoms with Crippen molar-refractivity contribution in [1.29, 1.82) is 0 Å². The molecule has 55 heavy (non-hydrogen) atoms. The van der Waals surface area contributed by atoms with Gasteiger partial charge in [0.15, 0.2) is 0 Å². The topological polar surface area (TPSA) is 81.7 Å². The molecule has 9 rings (SSSR count). The van der Waals surface area contributed by atoms with Crippen LogP contribution in [0, 0.1) is 23.7 Å². The van der Waals surface area contributed by atoms with Gasteiger partial charge in [0.05, 0.1) is 40.4 Å². The summed E-state index contributed by atoms with van der Waals surface area (Å²) in [4.78, 5) is 38.0. The summed E-state index contributed by atoms with van der Waals surface area (Å²) in [6.07, 6.45) is 10.1. The van der Waals surface area contributed by atoms with E-state index < -0.39 is 0 Å². The smallest absolute Gasteiger partial charge is 0.272 e. The van der Waals surface area contributed by atoms with Gasteiger partial charge in [0, 0.05) is 48.2 Å². The number of carbonyl (C=O) groups excluding carboxylic acids is 2. The lowest BCUT2D eigenvalue weighted by molar-refractivity contribution is 0.0783. The van der Waals surface area contributed by atoms with Crippen molar-refractivity contribution in [2.24, 2.45) is 23.7 Å². The molecule has 6 aromatic rings. The van der Waals surface area contributed by atoms with E-state index in [1.807, 2.05) is 114 Å². The average molecular weight is 731 g/mol. The molecule has 2 amide bonds. The van der Waals surface area contributed by atoms with Crippen LogP contribution in [0.15, 0.2) is 128 Å². The molecule has 2 saturated heterocycles. The van der Waals surface area contributed by atoms with Crippen LogP contribution < -0.4 is 15.2 Å². The van der Waals surface area contributed by atoms with Crippen LogP contribution in [0.5, 0.6) is 0 Å². The maximum atomic E-state index is 13.5. The maximum Gasteiger partial charge on any atom is 0.272 e. The molecule has 3 aliphatic rings. The third-order valence-corrected chi connectivity index (χ3v) is 11.4. The zero-order valence-electron chi connectivity index (χ0n) is 31.9. The third-order valence-electron chi connectivity index (χ3n) is 11.4. The van der Waals surface area contributed by atoms with Gasteiger partial charge in [-0.3, -0.25) is 19.6 Å². The minimum Gasteiger partial charge on any atom is -0.370 e. The SMILES string of the molecule is CC1CC(C)CN(N(C(=O)c2ccccc2)c2cnc3ccccc3c2)C1.O=C(Nc1cnc2ccccc2c1)c1ccccc1N1CC2CCCC(C2)C1. The van der Waals surface area contributed by atoms with E-state index in [-0.39, 0.29) is 11.8 Å². The van der Waals surface area contributed by atoms with Crippen LogP contribution in [0.3, 0.4) is 0 Å². The van der Waals surface area contributed by atoms with E-state index >= 15 is 0 Å². The van der Waals surface area contributed by atoms with Crippen molar-refractivity contribution >= 4 is 50.7 Å². The van der Waals surface area contributed by atoms with Crippen molar-refractivity contribution in [2.75, 3.05) is 41.4 Å². The molecule has 3 fully saturated rings. The molecule has 280 valence electrons. The van der Waals surface area contributed by atoms with E-state index in [0.29, 0.717) is 17.4 Å². The molecule has 2 bridgehead atoms. The minimum atomic E-state index is -0.0663. The van der Waals surface area contributed by atoms with Gasteiger partial charge in [-0.25, -0.2) is 10.0 Å². The number of nitrogens with one attached hydrogen (secondary N) is 1. The molecule has 1 N–H and O–H groups in total. The largest absolute Gasteiger partial charge is 0.370 e. The Kier molecular flexibility index (Phi) is 10.9. The highest BCUT2D eigenvalue weighted by molar-refractivity contribution is 6.09. The van der Waals surface area contributed by atoms with Crippen molar-refractivity contribution < 1.29 is 9.59 Å². The average Bonchev–Trinajstić information content (AvgIpc) is 3.21. The number of hydrogen-bond acceptors (Lipinski definition) is 6. The quantitative estimate of drug-likeness (QED) is 0.184. The zero-order chi connectivity index (χ0) is 37.7. The summed E-state index contributed by atoms with van der Waals surface area (Å²) in [5.74, 6) is 2.57. The van der Waals surface area contributed by atoms with E-state index in [2.05, 4.69) is 51.2 Å². The van der Waals surface area contributed by atoms with Gasteiger partial charge in [0.1, 0.15) is 0 Å². The van der Waals surface area contributed by atoms with E-state index in [4.69, 9.17) is 0 Å². The monoisotopic (exact) mass is 730 g/mol. The van der Waals surface area contributed by atoms with Gasteiger partial charge in [0.2, 0.25) is 0 Å². The zero-order valence-corrected chi connectivity index (χ0v) is 31.9. The van der Waals surface area contributed by atoms with Crippen LogP contribution in [0.25, 0.3) is 21.8 Å². The molecule has 4 atom stereocenters. The van der Waals surface area contributed by atoms with Crippen LogP contribution in [0.4, 0.5) is 17.1 Å². The Morgan fingerprint density at radius 2 is 1.27 bits per heavy atom. The first-order valence-corrected chi connectivity index (χ1v) is 19.9. The van der Waals surface area contributed by atoms with Gasteiger partial charge in [-0.1, -0.05) is 87.0 Å². The summed E-state index contributed by atoms with van der Waals surface area (Å²) < 4.78 is 0. The van der Waals surface area contributed by atoms with Gasteiger partial charge in [-0.15, -0.1) is 0 Å². The van der Waals surface area contributed by atoms with Gasteiger partial charge < -0.3 is 10.2 Å². The number of hydrazine groups is 1. The highest BCUT2D eigenvalue weighted by Crippen LogP contribution is 2.37. The Bertz CT molecular complexity index is 2260. The normalized spacial score (nSPS) is 21.0. The lowest BCUT2D eigenvalue weighted by Gasteiger charge is -2.43. The number of fused-ring (bicyclic) bond motifs is 4. The lowest BCUT2D eigenvalue weighted by atomic mass is 9.77. The molecular weight excluding hydrogens is 681 g/mol. The number of pyridine rings is 2. The number of carbonyl (C=O) groups is 2. The Labute approximate surface area is 324 Å². The summed E-state index contributed by atoms with van der Waals surface area (Å²) in [6.45, 7) is 8.39. The number of amides is 2. The standard InChI is InChI=1S/C24H25N3O.C23H25N3O/c28-24(26-20-13-19-8-1-3-10-22(19)25-14-20)21-9-2-4-11-23(21)27-15-17-6-5-7-18(12-17)16-27;1-17-12-18(2)16-25(15-17)26(23(27)19-8-4-3-5-9-19)21-13-20-10-6-7-11-22(20)24-14-21/h1-4,8-11,13-14,17-18H,5-7,12,15-16H2,(H,26,28);3-11,13-14,17-18H,12,15-16H2,1-2H3. The highest BCUT2D eigenvalue weighted by atomic mass is 16.2. The summed E-state index contributed by atoms with van der Waals surface area (Å²) in [6, 6.07) is 37.5. The third kappa shape index (κ3) is 8.40. The molecule has 1 saturated carbocycles. The highest BCUT2D eigenvalue weighted by Gasteiger charge is 2.33. The molecule has 4 unspecified atom stereocenters. The molecule has 4 aromatic carbocycles. The van der Waals surface area contributed by atoms with Crippen molar-refractivity contribution in [3.63, 3.8) is 0 Å². The van der Waals surface area contributed by atoms with Crippen molar-refractivity contribution in [1.82, 2.24) is 15.0 Å². The minimum absolute atomic E-state index is 0.00557. The molecule has 2 aliphatic heterocycles. The Hall–Kier alpha value is -5.60. The number of anilines is 3. The first-order chi connectivity index (χ1) is 26.9. The predicted molar refractivity (Wildman–Crippen MR) is 223 cm³/mol. The second-order valence-corrected chi connectivity index (χ2v) is 15.9. The molecule has 8 nitrogen and oxygen atoms in total. The summed E-state index contributed by atoms with van der Waals surface area (Å²) >= 11 is 0. The molecule has 8 heteroatoms. The summed E-state index contributed by atoms with van der Waals surface area (Å²) in [7, 11) is 0. The van der Waals surface area contributed by atoms with Crippen LogP contribution in [-0.2, 0) is 0 Å². The summed E-state index contributed by atoms with van der Waals surface area (Å²) in [5.41, 5.74) is 5.92. The lowest BCUT2D eigenvalue weighted by Crippen LogP contribution is -2.53. The van der Waals surface area contributed by atoms with Crippen LogP contribution >= 0.6 is 0 Å². The van der Waals surface area contributed by atoms with E-state index in [1.165, 1.54) is 32.1 Å². The predicted octanol–water partition coefficient (Wildman–Crippen LogP) is 9.89. The number of benzene rings is 4. The Balaban J connectivity index is 0.000000155. The number of hydrogen-bond donors (Lipinski definition) is 1. The number of aromatic nitrogens is 2. The molecular formula is C47H50N6O2. The first-order valence-electron chi connectivity index (χ1n) is 19.9. The molecule has 4 heterocycles. The second kappa shape index (κ2) is 16.4. The fourth-order valence-corrected chi connectivity index (χ4v) is 8.99. The number of para-hydroxylation sites is 3. The van der Waals surface area contributed by atoms with Gasteiger partial charge in [0.25, 0.3) is 11.8 Å². The molecule has 1 aliphatic carbocycles. The van der Waals surface area contributed by atoms with E-state index in [9.17, 15) is 9.59 Å². The van der Waals surface area contributed by atoms with Crippen molar-refractivity contribution in [3.8, 4) is 0 Å². The molecule has 0 radical (unpaired) electrons. The number of nitrogens with zero attached hydrogens (tertiary/aromatic N) is 5. The summed E-state index contributed by atoms with van der Waals surface area (Å²) in [5, 5.41) is 9.15. The van der Waals surface area contributed by atoms with Gasteiger partial charge in [-0.2, -0.15) is 0 Å². The number of piperidine rings is 2. The first kappa shape index (κ1) is 36.4. The van der Waals surface area contributed by atoms with Crippen LogP contribution in [-0.4, -0.2) is 53.0 Å². The van der Waals surface area contributed by atoms with Gasteiger partial charge in [-0.05, 0) is 97.9 Å². The van der Waals surface area contributed by atoms with Crippen molar-refractivity contribution in [3.05, 3.63) is 139 Å². The van der Waals surface area contributed by atoms with Crippen LogP contribution in [0.2, 0.25) is 0 Å². The number of rotatable bonds is 6. The van der Waals surface area contributed by atoms with E-state index in [0.717, 1.165) is 82.4 Å². The molecule has 0 spiro atoms. The molecule has 2 aromatic heterocycles. The van der Waals surface area contributed by atoms with E-state index in [1.54, 1.807) is 6.20 Å². The Morgan fingerprint density at radius 1 is 0.673 bits per heavy atom. The fraction of sp³-hybridized carbons (Fsp3) is 0.319. The van der Waals surface area contributed by atoms with Crippen LogP contribution in [0.1, 0.15) is 66.7 Å².